The molecule has 132 valence electrons. The van der Waals surface area contributed by atoms with E-state index in [2.05, 4.69) is 34.5 Å². The molecule has 2 aliphatic rings. The van der Waals surface area contributed by atoms with Crippen LogP contribution < -0.4 is 10.2 Å². The van der Waals surface area contributed by atoms with Gasteiger partial charge in [-0.2, -0.15) is 0 Å². The Morgan fingerprint density at radius 3 is 2.58 bits per heavy atom. The summed E-state index contributed by atoms with van der Waals surface area (Å²) in [7, 11) is 0. The van der Waals surface area contributed by atoms with Crippen molar-refractivity contribution >= 4 is 11.7 Å². The molecule has 0 spiro atoms. The standard InChI is InChI=1S/C19H29N3O2/c1-15(23)17-8-11-21(12-9-17)19(24)20-13-16-7-10-22(14-16)18-5-3-2-4-6-18/h2-6,15-17,23H,7-14H2,1H3,(H,20,24). The number of carbonyl (C=O) groups excluding carboxylic acids is 1. The maximum absolute atomic E-state index is 12.3. The quantitative estimate of drug-likeness (QED) is 0.890. The number of piperidine rings is 1. The molecule has 2 saturated heterocycles. The molecule has 1 aromatic rings. The molecule has 0 saturated carbocycles. The van der Waals surface area contributed by atoms with Crippen molar-refractivity contribution in [1.29, 1.82) is 0 Å². The minimum absolute atomic E-state index is 0.0530. The molecule has 0 aromatic heterocycles. The molecular formula is C19H29N3O2. The SMILES string of the molecule is CC(O)C1CCN(C(=O)NCC2CCN(c3ccccc3)C2)CC1. The first kappa shape index (κ1) is 17.1. The second kappa shape index (κ2) is 7.88. The van der Waals surface area contributed by atoms with Gasteiger partial charge in [-0.1, -0.05) is 18.2 Å². The summed E-state index contributed by atoms with van der Waals surface area (Å²) in [5.74, 6) is 0.854. The number of aliphatic hydroxyl groups is 1. The zero-order valence-corrected chi connectivity index (χ0v) is 14.5. The zero-order valence-electron chi connectivity index (χ0n) is 14.5. The van der Waals surface area contributed by atoms with Crippen molar-refractivity contribution in [3.63, 3.8) is 0 Å². The molecule has 2 unspecified atom stereocenters. The van der Waals surface area contributed by atoms with Crippen LogP contribution in [0, 0.1) is 11.8 Å². The van der Waals surface area contributed by atoms with E-state index < -0.39 is 0 Å². The lowest BCUT2D eigenvalue weighted by Crippen LogP contribution is -2.46. The lowest BCUT2D eigenvalue weighted by atomic mass is 9.92. The number of para-hydroxylation sites is 1. The van der Waals surface area contributed by atoms with Crippen LogP contribution in [0.5, 0.6) is 0 Å². The molecular weight excluding hydrogens is 302 g/mol. The van der Waals surface area contributed by atoms with Gasteiger partial charge in [-0.15, -0.1) is 0 Å². The Kier molecular flexibility index (Phi) is 5.61. The maximum Gasteiger partial charge on any atom is 0.317 e. The van der Waals surface area contributed by atoms with Gasteiger partial charge < -0.3 is 20.2 Å². The number of rotatable bonds is 4. The van der Waals surface area contributed by atoms with Crippen molar-refractivity contribution in [3.8, 4) is 0 Å². The summed E-state index contributed by atoms with van der Waals surface area (Å²) in [4.78, 5) is 16.6. The molecule has 2 atom stereocenters. The molecule has 1 aromatic carbocycles. The number of urea groups is 1. The van der Waals surface area contributed by atoms with Crippen LogP contribution in [0.3, 0.4) is 0 Å². The van der Waals surface area contributed by atoms with Crippen LogP contribution >= 0.6 is 0 Å². The zero-order chi connectivity index (χ0) is 16.9. The summed E-state index contributed by atoms with van der Waals surface area (Å²) in [6, 6.07) is 10.5. The number of benzene rings is 1. The van der Waals surface area contributed by atoms with E-state index in [1.54, 1.807) is 0 Å². The van der Waals surface area contributed by atoms with Crippen LogP contribution in [-0.2, 0) is 0 Å². The molecule has 5 nitrogen and oxygen atoms in total. The Bertz CT molecular complexity index is 527. The molecule has 0 bridgehead atoms. The van der Waals surface area contributed by atoms with E-state index >= 15 is 0 Å². The number of carbonyl (C=O) groups is 1. The number of amides is 2. The third-order valence-corrected chi connectivity index (χ3v) is 5.46. The second-order valence-electron chi connectivity index (χ2n) is 7.19. The largest absolute Gasteiger partial charge is 0.393 e. The second-order valence-corrected chi connectivity index (χ2v) is 7.19. The highest BCUT2D eigenvalue weighted by Gasteiger charge is 2.27. The number of nitrogens with one attached hydrogen (secondary N) is 1. The van der Waals surface area contributed by atoms with Gasteiger partial charge in [-0.3, -0.25) is 0 Å². The topological polar surface area (TPSA) is 55.8 Å². The molecule has 3 rings (SSSR count). The van der Waals surface area contributed by atoms with E-state index in [1.807, 2.05) is 17.9 Å². The monoisotopic (exact) mass is 331 g/mol. The minimum Gasteiger partial charge on any atom is -0.393 e. The Morgan fingerprint density at radius 1 is 1.21 bits per heavy atom. The van der Waals surface area contributed by atoms with Crippen LogP contribution in [0.15, 0.2) is 30.3 Å². The Labute approximate surface area is 144 Å². The van der Waals surface area contributed by atoms with E-state index in [0.29, 0.717) is 11.8 Å². The van der Waals surface area contributed by atoms with Crippen molar-refractivity contribution in [2.24, 2.45) is 11.8 Å². The fourth-order valence-corrected chi connectivity index (χ4v) is 3.80. The van der Waals surface area contributed by atoms with Gasteiger partial charge in [0.05, 0.1) is 6.10 Å². The predicted octanol–water partition coefficient (Wildman–Crippen LogP) is 2.32. The molecule has 0 radical (unpaired) electrons. The lowest BCUT2D eigenvalue weighted by Gasteiger charge is -2.33. The maximum atomic E-state index is 12.3. The van der Waals surface area contributed by atoms with Gasteiger partial charge in [0.2, 0.25) is 0 Å². The highest BCUT2D eigenvalue weighted by atomic mass is 16.3. The summed E-state index contributed by atoms with van der Waals surface area (Å²) in [6.45, 7) is 6.17. The van der Waals surface area contributed by atoms with Gasteiger partial charge in [0.25, 0.3) is 0 Å². The van der Waals surface area contributed by atoms with Crippen LogP contribution in [-0.4, -0.2) is 54.9 Å². The molecule has 2 N–H and O–H groups in total. The van der Waals surface area contributed by atoms with Crippen molar-refractivity contribution < 1.29 is 9.90 Å². The van der Waals surface area contributed by atoms with E-state index in [4.69, 9.17) is 0 Å². The van der Waals surface area contributed by atoms with Gasteiger partial charge in [-0.05, 0) is 50.2 Å². The van der Waals surface area contributed by atoms with E-state index in [0.717, 1.165) is 52.0 Å². The minimum atomic E-state index is -0.266. The van der Waals surface area contributed by atoms with E-state index in [-0.39, 0.29) is 12.1 Å². The molecule has 5 heteroatoms. The number of aliphatic hydroxyl groups excluding tert-OH is 1. The normalized spacial score (nSPS) is 23.3. The summed E-state index contributed by atoms with van der Waals surface area (Å²) < 4.78 is 0. The fraction of sp³-hybridized carbons (Fsp3) is 0.632. The first-order valence-electron chi connectivity index (χ1n) is 9.14. The third-order valence-electron chi connectivity index (χ3n) is 5.46. The van der Waals surface area contributed by atoms with Gasteiger partial charge in [0.1, 0.15) is 0 Å². The fourth-order valence-electron chi connectivity index (χ4n) is 3.80. The average molecular weight is 331 g/mol. The van der Waals surface area contributed by atoms with E-state index in [1.165, 1.54) is 5.69 Å². The number of nitrogens with zero attached hydrogens (tertiary/aromatic N) is 2. The van der Waals surface area contributed by atoms with Gasteiger partial charge >= 0.3 is 6.03 Å². The van der Waals surface area contributed by atoms with Crippen molar-refractivity contribution in [2.75, 3.05) is 37.6 Å². The van der Waals surface area contributed by atoms with Gasteiger partial charge in [0, 0.05) is 38.4 Å². The first-order chi connectivity index (χ1) is 11.6. The third kappa shape index (κ3) is 4.20. The predicted molar refractivity (Wildman–Crippen MR) is 96.1 cm³/mol. The number of hydrogen-bond acceptors (Lipinski definition) is 3. The van der Waals surface area contributed by atoms with E-state index in [9.17, 15) is 9.90 Å². The summed E-state index contributed by atoms with van der Waals surface area (Å²) in [5, 5.41) is 12.8. The summed E-state index contributed by atoms with van der Waals surface area (Å²) >= 11 is 0. The molecule has 24 heavy (non-hydrogen) atoms. The van der Waals surface area contributed by atoms with Crippen LogP contribution in [0.1, 0.15) is 26.2 Å². The van der Waals surface area contributed by atoms with Gasteiger partial charge in [-0.25, -0.2) is 4.79 Å². The number of anilines is 1. The highest BCUT2D eigenvalue weighted by molar-refractivity contribution is 5.74. The van der Waals surface area contributed by atoms with Crippen molar-refractivity contribution in [1.82, 2.24) is 10.2 Å². The Hall–Kier alpha value is -1.75. The Balaban J connectivity index is 1.40. The first-order valence-corrected chi connectivity index (χ1v) is 9.14. The molecule has 2 fully saturated rings. The number of hydrogen-bond donors (Lipinski definition) is 2. The van der Waals surface area contributed by atoms with Crippen LogP contribution in [0.25, 0.3) is 0 Å². The summed E-state index contributed by atoms with van der Waals surface area (Å²) in [5.41, 5.74) is 1.27. The molecule has 2 amide bonds. The molecule has 2 aliphatic heterocycles. The van der Waals surface area contributed by atoms with Crippen LogP contribution in [0.2, 0.25) is 0 Å². The van der Waals surface area contributed by atoms with Crippen molar-refractivity contribution in [2.45, 2.75) is 32.3 Å². The molecule has 0 aliphatic carbocycles. The van der Waals surface area contributed by atoms with Crippen LogP contribution in [0.4, 0.5) is 10.5 Å². The Morgan fingerprint density at radius 2 is 1.92 bits per heavy atom. The molecule has 2 heterocycles. The average Bonchev–Trinajstić information content (AvgIpc) is 3.09. The number of likely N-dealkylation sites (tertiary alicyclic amines) is 1. The van der Waals surface area contributed by atoms with Crippen molar-refractivity contribution in [3.05, 3.63) is 30.3 Å². The summed E-state index contributed by atoms with van der Waals surface area (Å²) in [6.07, 6.45) is 2.66. The lowest BCUT2D eigenvalue weighted by molar-refractivity contribution is 0.0797. The highest BCUT2D eigenvalue weighted by Crippen LogP contribution is 2.23. The van der Waals surface area contributed by atoms with Gasteiger partial charge in [0.15, 0.2) is 0 Å². The smallest absolute Gasteiger partial charge is 0.317 e.